The first kappa shape index (κ1) is 14.1. The van der Waals surface area contributed by atoms with Crippen molar-refractivity contribution in [1.82, 2.24) is 5.32 Å². The van der Waals surface area contributed by atoms with Crippen LogP contribution in [-0.2, 0) is 6.54 Å². The number of aldehydes is 1. The quantitative estimate of drug-likeness (QED) is 0.832. The van der Waals surface area contributed by atoms with Crippen LogP contribution in [0.2, 0.25) is 0 Å². The average molecular weight is 241 g/mol. The van der Waals surface area contributed by atoms with Crippen LogP contribution in [0.15, 0.2) is 60.7 Å². The molecule has 0 aliphatic carbocycles. The Labute approximate surface area is 109 Å². The highest BCUT2D eigenvalue weighted by Crippen LogP contribution is 1.96. The molecule has 0 aliphatic heterocycles. The van der Waals surface area contributed by atoms with E-state index in [1.165, 1.54) is 5.56 Å². The Kier molecular flexibility index (Phi) is 7.17. The van der Waals surface area contributed by atoms with E-state index < -0.39 is 0 Å². The van der Waals surface area contributed by atoms with Crippen LogP contribution >= 0.6 is 0 Å². The summed E-state index contributed by atoms with van der Waals surface area (Å²) in [6.45, 7) is 4.13. The molecule has 0 fully saturated rings. The molecule has 0 saturated carbocycles. The van der Waals surface area contributed by atoms with E-state index in [-0.39, 0.29) is 0 Å². The number of benzene rings is 2. The molecule has 0 saturated heterocycles. The molecule has 0 unspecified atom stereocenters. The molecule has 94 valence electrons. The number of rotatable bonds is 4. The summed E-state index contributed by atoms with van der Waals surface area (Å²) in [7, 11) is 0. The molecule has 0 spiro atoms. The molecule has 0 aliphatic rings. The van der Waals surface area contributed by atoms with Gasteiger partial charge < -0.3 is 5.32 Å². The first-order chi connectivity index (χ1) is 8.86. The van der Waals surface area contributed by atoms with Gasteiger partial charge in [0.05, 0.1) is 0 Å². The van der Waals surface area contributed by atoms with Crippen LogP contribution in [0.5, 0.6) is 0 Å². The van der Waals surface area contributed by atoms with E-state index in [4.69, 9.17) is 0 Å². The van der Waals surface area contributed by atoms with Gasteiger partial charge in [-0.25, -0.2) is 0 Å². The van der Waals surface area contributed by atoms with Gasteiger partial charge in [-0.15, -0.1) is 0 Å². The fourth-order valence-corrected chi connectivity index (χ4v) is 1.40. The minimum atomic E-state index is 0.729. The Balaban J connectivity index is 0.000000184. The first-order valence-corrected chi connectivity index (χ1v) is 6.11. The fraction of sp³-hybridized carbons (Fsp3) is 0.188. The highest BCUT2D eigenvalue weighted by atomic mass is 16.1. The Morgan fingerprint density at radius 2 is 1.50 bits per heavy atom. The lowest BCUT2D eigenvalue weighted by Gasteiger charge is -1.99. The number of hydrogen-bond acceptors (Lipinski definition) is 2. The van der Waals surface area contributed by atoms with Crippen molar-refractivity contribution in [2.24, 2.45) is 0 Å². The van der Waals surface area contributed by atoms with Gasteiger partial charge in [0.25, 0.3) is 0 Å². The van der Waals surface area contributed by atoms with Crippen molar-refractivity contribution in [3.8, 4) is 0 Å². The molecule has 1 N–H and O–H groups in total. The van der Waals surface area contributed by atoms with Gasteiger partial charge in [-0.1, -0.05) is 67.6 Å². The van der Waals surface area contributed by atoms with Gasteiger partial charge in [0.1, 0.15) is 6.29 Å². The first-order valence-electron chi connectivity index (χ1n) is 6.11. The van der Waals surface area contributed by atoms with E-state index in [1.54, 1.807) is 12.1 Å². The van der Waals surface area contributed by atoms with E-state index in [1.807, 2.05) is 24.3 Å². The molecule has 0 bridgehead atoms. The maximum Gasteiger partial charge on any atom is 0.150 e. The zero-order valence-corrected chi connectivity index (χ0v) is 10.7. The summed E-state index contributed by atoms with van der Waals surface area (Å²) >= 11 is 0. The Hall–Kier alpha value is -1.93. The second-order valence-corrected chi connectivity index (χ2v) is 3.79. The summed E-state index contributed by atoms with van der Waals surface area (Å²) in [4.78, 5) is 10.0. The van der Waals surface area contributed by atoms with Crippen LogP contribution in [0.3, 0.4) is 0 Å². The molecule has 2 rings (SSSR count). The second-order valence-electron chi connectivity index (χ2n) is 3.79. The van der Waals surface area contributed by atoms with Gasteiger partial charge in [0.2, 0.25) is 0 Å². The Morgan fingerprint density at radius 3 is 1.94 bits per heavy atom. The Morgan fingerprint density at radius 1 is 0.944 bits per heavy atom. The molecule has 2 heteroatoms. The minimum Gasteiger partial charge on any atom is -0.313 e. The summed E-state index contributed by atoms with van der Waals surface area (Å²) in [6.07, 6.45) is 0.833. The monoisotopic (exact) mass is 241 g/mol. The summed E-state index contributed by atoms with van der Waals surface area (Å²) < 4.78 is 0. The molecule has 2 aromatic carbocycles. The van der Waals surface area contributed by atoms with Crippen molar-refractivity contribution in [3.63, 3.8) is 0 Å². The third-order valence-electron chi connectivity index (χ3n) is 2.36. The molecular weight excluding hydrogens is 222 g/mol. The van der Waals surface area contributed by atoms with Crippen molar-refractivity contribution in [3.05, 3.63) is 71.8 Å². The van der Waals surface area contributed by atoms with Crippen LogP contribution in [0.4, 0.5) is 0 Å². The molecule has 0 heterocycles. The highest BCUT2D eigenvalue weighted by Gasteiger charge is 1.85. The van der Waals surface area contributed by atoms with Crippen molar-refractivity contribution in [2.45, 2.75) is 13.5 Å². The van der Waals surface area contributed by atoms with Crippen molar-refractivity contribution in [2.75, 3.05) is 6.54 Å². The second kappa shape index (κ2) is 9.14. The van der Waals surface area contributed by atoms with E-state index in [2.05, 4.69) is 36.5 Å². The van der Waals surface area contributed by atoms with Crippen molar-refractivity contribution >= 4 is 6.29 Å². The normalized spacial score (nSPS) is 9.17. The largest absolute Gasteiger partial charge is 0.313 e. The maximum absolute atomic E-state index is 10.0. The minimum absolute atomic E-state index is 0.729. The zero-order chi connectivity index (χ0) is 13.1. The van der Waals surface area contributed by atoms with Gasteiger partial charge in [-0.05, 0) is 12.1 Å². The van der Waals surface area contributed by atoms with Gasteiger partial charge in [0, 0.05) is 12.1 Å². The van der Waals surface area contributed by atoms with Crippen LogP contribution in [0, 0.1) is 0 Å². The van der Waals surface area contributed by atoms with Gasteiger partial charge in [-0.2, -0.15) is 0 Å². The van der Waals surface area contributed by atoms with E-state index in [0.717, 1.165) is 24.9 Å². The lowest BCUT2D eigenvalue weighted by molar-refractivity contribution is 0.112. The molecule has 0 atom stereocenters. The number of nitrogens with one attached hydrogen (secondary N) is 1. The third kappa shape index (κ3) is 5.97. The predicted octanol–water partition coefficient (Wildman–Crippen LogP) is 3.30. The predicted molar refractivity (Wildman–Crippen MR) is 75.7 cm³/mol. The van der Waals surface area contributed by atoms with Crippen molar-refractivity contribution < 1.29 is 4.79 Å². The highest BCUT2D eigenvalue weighted by molar-refractivity contribution is 5.74. The van der Waals surface area contributed by atoms with Crippen LogP contribution in [0.25, 0.3) is 0 Å². The maximum atomic E-state index is 10.0. The summed E-state index contributed by atoms with van der Waals surface area (Å²) in [5.74, 6) is 0. The third-order valence-corrected chi connectivity index (χ3v) is 2.36. The van der Waals surface area contributed by atoms with Gasteiger partial charge in [0.15, 0.2) is 0 Å². The van der Waals surface area contributed by atoms with Crippen LogP contribution in [0.1, 0.15) is 22.8 Å². The number of hydrogen-bond donors (Lipinski definition) is 1. The molecule has 0 aromatic heterocycles. The standard InChI is InChI=1S/C9H13N.C7H6O/c1-2-10-8-9-6-4-3-5-7-9;8-6-7-4-2-1-3-5-7/h3-7,10H,2,8H2,1H3;1-6H. The van der Waals surface area contributed by atoms with E-state index >= 15 is 0 Å². The molecule has 2 nitrogen and oxygen atoms in total. The topological polar surface area (TPSA) is 29.1 Å². The fourth-order valence-electron chi connectivity index (χ4n) is 1.40. The van der Waals surface area contributed by atoms with E-state index in [9.17, 15) is 4.79 Å². The molecule has 0 amide bonds. The lowest BCUT2D eigenvalue weighted by atomic mass is 10.2. The van der Waals surface area contributed by atoms with Gasteiger partial charge >= 0.3 is 0 Å². The zero-order valence-electron chi connectivity index (χ0n) is 10.7. The molecule has 2 aromatic rings. The van der Waals surface area contributed by atoms with Crippen molar-refractivity contribution in [1.29, 1.82) is 0 Å². The van der Waals surface area contributed by atoms with Crippen LogP contribution in [-0.4, -0.2) is 12.8 Å². The Bertz CT molecular complexity index is 425. The summed E-state index contributed by atoms with van der Waals surface area (Å²) in [5.41, 5.74) is 2.08. The van der Waals surface area contributed by atoms with Gasteiger partial charge in [-0.3, -0.25) is 4.79 Å². The van der Waals surface area contributed by atoms with Crippen LogP contribution < -0.4 is 5.32 Å². The lowest BCUT2D eigenvalue weighted by Crippen LogP contribution is -2.11. The average Bonchev–Trinajstić information content (AvgIpc) is 2.48. The summed E-state index contributed by atoms with van der Waals surface area (Å²) in [6, 6.07) is 19.5. The number of carbonyl (C=O) groups excluding carboxylic acids is 1. The number of carbonyl (C=O) groups is 1. The molecule has 18 heavy (non-hydrogen) atoms. The van der Waals surface area contributed by atoms with E-state index in [0.29, 0.717) is 0 Å². The SMILES string of the molecule is CCNCc1ccccc1.O=Cc1ccccc1. The molecule has 0 radical (unpaired) electrons. The smallest absolute Gasteiger partial charge is 0.150 e. The summed E-state index contributed by atoms with van der Waals surface area (Å²) in [5, 5.41) is 3.26. The molecular formula is C16H19NO.